The fourth-order valence-corrected chi connectivity index (χ4v) is 3.67. The Labute approximate surface area is 120 Å². The third-order valence-corrected chi connectivity index (χ3v) is 5.49. The lowest BCUT2D eigenvalue weighted by Gasteiger charge is -2.41. The van der Waals surface area contributed by atoms with Crippen molar-refractivity contribution in [2.45, 2.75) is 71.9 Å². The second-order valence-corrected chi connectivity index (χ2v) is 7.52. The normalized spacial score (nSPS) is 37.7. The second-order valence-electron chi connectivity index (χ2n) is 7.52. The summed E-state index contributed by atoms with van der Waals surface area (Å²) in [7, 11) is 0. The quantitative estimate of drug-likeness (QED) is 0.837. The summed E-state index contributed by atoms with van der Waals surface area (Å²) in [6, 6.07) is 1.42. The highest BCUT2D eigenvalue weighted by Gasteiger charge is 2.27. The average Bonchev–Trinajstić information content (AvgIpc) is 2.39. The topological polar surface area (TPSA) is 15.3 Å². The third kappa shape index (κ3) is 4.46. The molecule has 2 aliphatic rings. The minimum atomic E-state index is 0.697. The number of nitrogens with zero attached hydrogens (tertiary/aromatic N) is 1. The van der Waals surface area contributed by atoms with E-state index in [1.165, 1.54) is 51.7 Å². The monoisotopic (exact) mass is 266 g/mol. The van der Waals surface area contributed by atoms with Gasteiger partial charge in [0.25, 0.3) is 0 Å². The van der Waals surface area contributed by atoms with Crippen molar-refractivity contribution in [2.75, 3.05) is 19.6 Å². The van der Waals surface area contributed by atoms with Crippen molar-refractivity contribution < 1.29 is 0 Å². The fraction of sp³-hybridized carbons (Fsp3) is 1.00. The Hall–Kier alpha value is -0.0800. The van der Waals surface area contributed by atoms with Crippen LogP contribution in [0.2, 0.25) is 0 Å². The zero-order valence-corrected chi connectivity index (χ0v) is 13.5. The lowest BCUT2D eigenvalue weighted by atomic mass is 9.81. The van der Waals surface area contributed by atoms with Gasteiger partial charge in [-0.3, -0.25) is 4.90 Å². The Morgan fingerprint density at radius 2 is 1.79 bits per heavy atom. The molecule has 2 heteroatoms. The van der Waals surface area contributed by atoms with Gasteiger partial charge < -0.3 is 5.32 Å². The fourth-order valence-electron chi connectivity index (χ4n) is 3.67. The molecule has 1 aliphatic heterocycles. The summed E-state index contributed by atoms with van der Waals surface area (Å²) < 4.78 is 0. The minimum absolute atomic E-state index is 0.697. The zero-order chi connectivity index (χ0) is 13.8. The van der Waals surface area contributed by atoms with E-state index in [1.54, 1.807) is 0 Å². The average molecular weight is 266 g/mol. The molecule has 0 radical (unpaired) electrons. The van der Waals surface area contributed by atoms with E-state index >= 15 is 0 Å². The molecule has 2 atom stereocenters. The van der Waals surface area contributed by atoms with Crippen molar-refractivity contribution in [1.82, 2.24) is 10.2 Å². The molecule has 1 heterocycles. The van der Waals surface area contributed by atoms with E-state index in [0.29, 0.717) is 6.04 Å². The Bertz CT molecular complexity index is 256. The second kappa shape index (κ2) is 7.08. The Kier molecular flexibility index (Phi) is 5.70. The first-order valence-corrected chi connectivity index (χ1v) is 8.53. The van der Waals surface area contributed by atoms with Crippen molar-refractivity contribution in [2.24, 2.45) is 17.8 Å². The van der Waals surface area contributed by atoms with Crippen LogP contribution in [0.15, 0.2) is 0 Å². The number of hydrogen-bond donors (Lipinski definition) is 1. The van der Waals surface area contributed by atoms with Crippen LogP contribution in [0.3, 0.4) is 0 Å². The van der Waals surface area contributed by atoms with Gasteiger partial charge >= 0.3 is 0 Å². The number of hydrogen-bond acceptors (Lipinski definition) is 2. The van der Waals surface area contributed by atoms with Gasteiger partial charge in [-0.15, -0.1) is 0 Å². The molecule has 1 N–H and O–H groups in total. The highest BCUT2D eigenvalue weighted by molar-refractivity contribution is 4.86. The molecule has 2 nitrogen and oxygen atoms in total. The summed E-state index contributed by atoms with van der Waals surface area (Å²) in [5.41, 5.74) is 0. The highest BCUT2D eigenvalue weighted by Crippen LogP contribution is 2.30. The summed E-state index contributed by atoms with van der Waals surface area (Å²) in [4.78, 5) is 2.74. The summed E-state index contributed by atoms with van der Waals surface area (Å²) in [5, 5.41) is 3.70. The van der Waals surface area contributed by atoms with Crippen molar-refractivity contribution in [3.8, 4) is 0 Å². The third-order valence-electron chi connectivity index (χ3n) is 5.49. The van der Waals surface area contributed by atoms with Crippen LogP contribution in [0.1, 0.15) is 59.8 Å². The molecule has 2 unspecified atom stereocenters. The zero-order valence-electron chi connectivity index (χ0n) is 13.5. The van der Waals surface area contributed by atoms with E-state index in [2.05, 4.69) is 37.9 Å². The SMILES string of the molecule is CC1CCC(CCN2CC(C(C)C)NCC2C)CC1. The summed E-state index contributed by atoms with van der Waals surface area (Å²) >= 11 is 0. The molecule has 0 aromatic carbocycles. The van der Waals surface area contributed by atoms with Gasteiger partial charge in [-0.25, -0.2) is 0 Å². The predicted octanol–water partition coefficient (Wildman–Crippen LogP) is 3.52. The van der Waals surface area contributed by atoms with Crippen LogP contribution in [0, 0.1) is 17.8 Å². The molecule has 0 aromatic rings. The molecule has 2 rings (SSSR count). The van der Waals surface area contributed by atoms with Gasteiger partial charge in [0.15, 0.2) is 0 Å². The molecule has 19 heavy (non-hydrogen) atoms. The van der Waals surface area contributed by atoms with E-state index < -0.39 is 0 Å². The molecule has 0 bridgehead atoms. The highest BCUT2D eigenvalue weighted by atomic mass is 15.2. The predicted molar refractivity (Wildman–Crippen MR) is 83.4 cm³/mol. The maximum atomic E-state index is 3.70. The molecular weight excluding hydrogens is 232 g/mol. The molecule has 0 aromatic heterocycles. The standard InChI is InChI=1S/C17H34N2/c1-13(2)17-12-19(15(4)11-18-17)10-9-16-7-5-14(3)6-8-16/h13-18H,5-12H2,1-4H3. The smallest absolute Gasteiger partial charge is 0.0218 e. The lowest BCUT2D eigenvalue weighted by molar-refractivity contribution is 0.110. The Balaban J connectivity index is 1.74. The van der Waals surface area contributed by atoms with E-state index in [1.807, 2.05) is 0 Å². The molecule has 1 aliphatic carbocycles. The van der Waals surface area contributed by atoms with Crippen molar-refractivity contribution >= 4 is 0 Å². The molecule has 1 saturated heterocycles. The Morgan fingerprint density at radius 1 is 1.11 bits per heavy atom. The van der Waals surface area contributed by atoms with Crippen molar-refractivity contribution in [3.05, 3.63) is 0 Å². The van der Waals surface area contributed by atoms with Crippen LogP contribution in [0.25, 0.3) is 0 Å². The van der Waals surface area contributed by atoms with E-state index in [0.717, 1.165) is 23.8 Å². The number of rotatable bonds is 4. The number of piperazine rings is 1. The maximum absolute atomic E-state index is 3.70. The summed E-state index contributed by atoms with van der Waals surface area (Å²) in [6.07, 6.45) is 7.33. The summed E-state index contributed by atoms with van der Waals surface area (Å²) in [6.45, 7) is 13.2. The summed E-state index contributed by atoms with van der Waals surface area (Å²) in [5.74, 6) is 2.75. The molecule has 0 spiro atoms. The maximum Gasteiger partial charge on any atom is 0.0218 e. The van der Waals surface area contributed by atoms with E-state index in [9.17, 15) is 0 Å². The van der Waals surface area contributed by atoms with Gasteiger partial charge in [0.2, 0.25) is 0 Å². The Morgan fingerprint density at radius 3 is 2.42 bits per heavy atom. The largest absolute Gasteiger partial charge is 0.311 e. The van der Waals surface area contributed by atoms with Gasteiger partial charge in [-0.2, -0.15) is 0 Å². The first-order valence-electron chi connectivity index (χ1n) is 8.53. The molecular formula is C17H34N2. The minimum Gasteiger partial charge on any atom is -0.311 e. The van der Waals surface area contributed by atoms with Crippen LogP contribution in [0.5, 0.6) is 0 Å². The first-order chi connectivity index (χ1) is 9.06. The van der Waals surface area contributed by atoms with E-state index in [-0.39, 0.29) is 0 Å². The van der Waals surface area contributed by atoms with Crippen LogP contribution in [-0.4, -0.2) is 36.6 Å². The van der Waals surface area contributed by atoms with Crippen molar-refractivity contribution in [1.29, 1.82) is 0 Å². The first kappa shape index (κ1) is 15.3. The van der Waals surface area contributed by atoms with Crippen LogP contribution < -0.4 is 5.32 Å². The molecule has 112 valence electrons. The molecule has 0 amide bonds. The van der Waals surface area contributed by atoms with Gasteiger partial charge in [0, 0.05) is 25.2 Å². The van der Waals surface area contributed by atoms with E-state index in [4.69, 9.17) is 0 Å². The van der Waals surface area contributed by atoms with Gasteiger partial charge in [0.1, 0.15) is 0 Å². The number of nitrogens with one attached hydrogen (secondary N) is 1. The van der Waals surface area contributed by atoms with Crippen LogP contribution in [-0.2, 0) is 0 Å². The molecule has 2 fully saturated rings. The van der Waals surface area contributed by atoms with Crippen LogP contribution in [0.4, 0.5) is 0 Å². The van der Waals surface area contributed by atoms with Gasteiger partial charge in [0.05, 0.1) is 0 Å². The van der Waals surface area contributed by atoms with Gasteiger partial charge in [-0.05, 0) is 37.6 Å². The van der Waals surface area contributed by atoms with Crippen LogP contribution >= 0.6 is 0 Å². The molecule has 1 saturated carbocycles. The lowest BCUT2D eigenvalue weighted by Crippen LogP contribution is -2.57. The van der Waals surface area contributed by atoms with Crippen molar-refractivity contribution in [3.63, 3.8) is 0 Å². The van der Waals surface area contributed by atoms with Gasteiger partial charge in [-0.1, -0.05) is 46.5 Å².